The van der Waals surface area contributed by atoms with Gasteiger partial charge in [0.05, 0.1) is 12.2 Å². The largest absolute Gasteiger partial charge is 0.354 e. The molecule has 21 heavy (non-hydrogen) atoms. The van der Waals surface area contributed by atoms with E-state index in [0.717, 1.165) is 10.6 Å². The summed E-state index contributed by atoms with van der Waals surface area (Å²) in [5, 5.41) is 3.55. The van der Waals surface area contributed by atoms with Crippen molar-refractivity contribution < 1.29 is 14.3 Å². The smallest absolute Gasteiger partial charge is 0.263 e. The van der Waals surface area contributed by atoms with Crippen LogP contribution in [0.2, 0.25) is 0 Å². The van der Waals surface area contributed by atoms with Crippen molar-refractivity contribution in [3.63, 3.8) is 0 Å². The van der Waals surface area contributed by atoms with E-state index in [9.17, 15) is 4.79 Å². The second-order valence-electron chi connectivity index (χ2n) is 4.29. The molecule has 0 aliphatic rings. The van der Waals surface area contributed by atoms with Crippen molar-refractivity contribution in [2.45, 2.75) is 13.2 Å². The van der Waals surface area contributed by atoms with E-state index in [1.165, 1.54) is 25.6 Å². The van der Waals surface area contributed by atoms with Crippen LogP contribution in [0, 0.1) is 6.92 Å². The molecule has 0 atom stereocenters. The van der Waals surface area contributed by atoms with E-state index in [1.54, 1.807) is 12.4 Å². The van der Waals surface area contributed by atoms with Crippen LogP contribution < -0.4 is 5.32 Å². The summed E-state index contributed by atoms with van der Waals surface area (Å²) in [5.74, 6) is -0.181. The number of carbonyl (C=O) groups excluding carboxylic acids is 1. The summed E-state index contributed by atoms with van der Waals surface area (Å²) in [5.41, 5.74) is 1.60. The molecule has 0 fully saturated rings. The minimum Gasteiger partial charge on any atom is -0.354 e. The fourth-order valence-corrected chi connectivity index (χ4v) is 2.71. The second-order valence-corrected chi connectivity index (χ2v) is 5.29. The Morgan fingerprint density at radius 3 is 2.81 bits per heavy atom. The Balaban J connectivity index is 2.10. The van der Waals surface area contributed by atoms with Gasteiger partial charge in [-0.1, -0.05) is 0 Å². The Hall–Kier alpha value is -1.83. The predicted octanol–water partition coefficient (Wildman–Crippen LogP) is 1.86. The zero-order chi connectivity index (χ0) is 15.2. The molecule has 6 nitrogen and oxygen atoms in total. The van der Waals surface area contributed by atoms with Gasteiger partial charge in [0.1, 0.15) is 9.88 Å². The number of nitrogens with zero attached hydrogens (tertiary/aromatic N) is 2. The fourth-order valence-electron chi connectivity index (χ4n) is 1.74. The molecule has 112 valence electrons. The number of thiazole rings is 1. The van der Waals surface area contributed by atoms with Crippen LogP contribution >= 0.6 is 11.3 Å². The number of methoxy groups -OCH3 is 2. The summed E-state index contributed by atoms with van der Waals surface area (Å²) >= 11 is 1.34. The van der Waals surface area contributed by atoms with Gasteiger partial charge in [-0.15, -0.1) is 11.3 Å². The third kappa shape index (κ3) is 3.84. The van der Waals surface area contributed by atoms with Gasteiger partial charge in [0, 0.05) is 32.2 Å². The molecule has 2 aromatic rings. The summed E-state index contributed by atoms with van der Waals surface area (Å²) in [6.07, 6.45) is 2.97. The topological polar surface area (TPSA) is 73.3 Å². The molecule has 7 heteroatoms. The van der Waals surface area contributed by atoms with Crippen molar-refractivity contribution in [2.75, 3.05) is 20.8 Å². The number of hydrogen-bond donors (Lipinski definition) is 1. The van der Waals surface area contributed by atoms with Crippen LogP contribution in [0.1, 0.15) is 15.4 Å². The molecular formula is C14H17N3O3S. The van der Waals surface area contributed by atoms with Gasteiger partial charge in [-0.2, -0.15) is 0 Å². The Morgan fingerprint density at radius 2 is 2.19 bits per heavy atom. The van der Waals surface area contributed by atoms with Crippen molar-refractivity contribution in [1.82, 2.24) is 15.3 Å². The number of amides is 1. The van der Waals surface area contributed by atoms with Crippen LogP contribution in [-0.4, -0.2) is 42.9 Å². The quantitative estimate of drug-likeness (QED) is 0.825. The van der Waals surface area contributed by atoms with Gasteiger partial charge in [0.15, 0.2) is 6.29 Å². The number of ether oxygens (including phenoxy) is 2. The van der Waals surface area contributed by atoms with Crippen LogP contribution in [0.15, 0.2) is 24.5 Å². The minimum absolute atomic E-state index is 0.181. The van der Waals surface area contributed by atoms with Crippen LogP contribution in [0.5, 0.6) is 0 Å². The molecule has 2 heterocycles. The normalized spacial score (nSPS) is 10.9. The SMILES string of the molecule is COC(CNC(=O)c1sc(-c2cccnc2)nc1C)OC. The van der Waals surface area contributed by atoms with E-state index in [4.69, 9.17) is 9.47 Å². The summed E-state index contributed by atoms with van der Waals surface area (Å²) < 4.78 is 10.1. The Kier molecular flexibility index (Phi) is 5.38. The van der Waals surface area contributed by atoms with Gasteiger partial charge in [-0.3, -0.25) is 9.78 Å². The molecule has 1 amide bonds. The zero-order valence-corrected chi connectivity index (χ0v) is 12.9. The third-order valence-corrected chi connectivity index (χ3v) is 4.07. The van der Waals surface area contributed by atoms with Crippen LogP contribution in [0.25, 0.3) is 10.6 Å². The first-order valence-electron chi connectivity index (χ1n) is 6.37. The van der Waals surface area contributed by atoms with Crippen LogP contribution in [0.3, 0.4) is 0 Å². The summed E-state index contributed by atoms with van der Waals surface area (Å²) in [7, 11) is 3.05. The molecular weight excluding hydrogens is 290 g/mol. The highest BCUT2D eigenvalue weighted by molar-refractivity contribution is 7.17. The Bertz CT molecular complexity index is 597. The summed E-state index contributed by atoms with van der Waals surface area (Å²) in [6.45, 7) is 2.10. The predicted molar refractivity (Wildman–Crippen MR) is 80.2 cm³/mol. The lowest BCUT2D eigenvalue weighted by Crippen LogP contribution is -2.34. The molecule has 0 aliphatic heterocycles. The summed E-state index contributed by atoms with van der Waals surface area (Å²) in [6, 6.07) is 3.76. The van der Waals surface area contributed by atoms with E-state index in [0.29, 0.717) is 10.6 Å². The van der Waals surface area contributed by atoms with Gasteiger partial charge in [0.2, 0.25) is 0 Å². The fraction of sp³-hybridized carbons (Fsp3) is 0.357. The number of nitrogens with one attached hydrogen (secondary N) is 1. The molecule has 0 aliphatic carbocycles. The van der Waals surface area contributed by atoms with E-state index >= 15 is 0 Å². The first-order chi connectivity index (χ1) is 10.2. The highest BCUT2D eigenvalue weighted by Crippen LogP contribution is 2.27. The van der Waals surface area contributed by atoms with Gasteiger partial charge >= 0.3 is 0 Å². The Labute approximate surface area is 127 Å². The monoisotopic (exact) mass is 307 g/mol. The number of pyridine rings is 1. The Morgan fingerprint density at radius 1 is 1.43 bits per heavy atom. The molecule has 0 aromatic carbocycles. The number of aromatic nitrogens is 2. The van der Waals surface area contributed by atoms with E-state index in [2.05, 4.69) is 15.3 Å². The van der Waals surface area contributed by atoms with E-state index in [-0.39, 0.29) is 12.5 Å². The zero-order valence-electron chi connectivity index (χ0n) is 12.1. The maximum absolute atomic E-state index is 12.2. The maximum Gasteiger partial charge on any atom is 0.263 e. The average Bonchev–Trinajstić information content (AvgIpc) is 2.91. The van der Waals surface area contributed by atoms with Gasteiger partial charge in [-0.25, -0.2) is 4.98 Å². The number of hydrogen-bond acceptors (Lipinski definition) is 6. The molecule has 0 bridgehead atoms. The average molecular weight is 307 g/mol. The molecule has 0 unspecified atom stereocenters. The highest BCUT2D eigenvalue weighted by atomic mass is 32.1. The van der Waals surface area contributed by atoms with Gasteiger partial charge < -0.3 is 14.8 Å². The van der Waals surface area contributed by atoms with Crippen molar-refractivity contribution >= 4 is 17.2 Å². The molecule has 2 rings (SSSR count). The molecule has 2 aromatic heterocycles. The lowest BCUT2D eigenvalue weighted by molar-refractivity contribution is -0.0974. The first-order valence-corrected chi connectivity index (χ1v) is 7.19. The van der Waals surface area contributed by atoms with Crippen molar-refractivity contribution in [2.24, 2.45) is 0 Å². The lowest BCUT2D eigenvalue weighted by atomic mass is 10.3. The third-order valence-electron chi connectivity index (χ3n) is 2.87. The van der Waals surface area contributed by atoms with E-state index in [1.807, 2.05) is 19.1 Å². The lowest BCUT2D eigenvalue weighted by Gasteiger charge is -2.13. The molecule has 0 saturated heterocycles. The number of rotatable bonds is 6. The minimum atomic E-state index is -0.458. The van der Waals surface area contributed by atoms with Gasteiger partial charge in [0.25, 0.3) is 5.91 Å². The van der Waals surface area contributed by atoms with Crippen LogP contribution in [-0.2, 0) is 9.47 Å². The van der Waals surface area contributed by atoms with Crippen molar-refractivity contribution in [1.29, 1.82) is 0 Å². The summed E-state index contributed by atoms with van der Waals surface area (Å²) in [4.78, 5) is 21.2. The van der Waals surface area contributed by atoms with E-state index < -0.39 is 6.29 Å². The highest BCUT2D eigenvalue weighted by Gasteiger charge is 2.17. The molecule has 1 N–H and O–H groups in total. The maximum atomic E-state index is 12.2. The van der Waals surface area contributed by atoms with Crippen molar-refractivity contribution in [3.05, 3.63) is 35.1 Å². The van der Waals surface area contributed by atoms with Gasteiger partial charge in [-0.05, 0) is 19.1 Å². The first kappa shape index (κ1) is 15.6. The number of aryl methyl sites for hydroxylation is 1. The molecule has 0 saturated carbocycles. The number of carbonyl (C=O) groups is 1. The molecule has 0 spiro atoms. The van der Waals surface area contributed by atoms with Crippen molar-refractivity contribution in [3.8, 4) is 10.6 Å². The molecule has 0 radical (unpaired) electrons. The second kappa shape index (κ2) is 7.26. The standard InChI is InChI=1S/C14H17N3O3S/c1-9-12(13(18)16-8-11(19-2)20-3)21-14(17-9)10-5-4-6-15-7-10/h4-7,11H,8H2,1-3H3,(H,16,18). The van der Waals surface area contributed by atoms with Crippen LogP contribution in [0.4, 0.5) is 0 Å².